The zero-order chi connectivity index (χ0) is 15.4. The summed E-state index contributed by atoms with van der Waals surface area (Å²) < 4.78 is 0. The van der Waals surface area contributed by atoms with E-state index in [2.05, 4.69) is 54.7 Å². The minimum Gasteiger partial charge on any atom is -0.338 e. The van der Waals surface area contributed by atoms with E-state index in [0.717, 1.165) is 25.9 Å². The second kappa shape index (κ2) is 6.82. The highest BCUT2D eigenvalue weighted by Gasteiger charge is 2.20. The van der Waals surface area contributed by atoms with Crippen molar-refractivity contribution >= 4 is 16.8 Å². The van der Waals surface area contributed by atoms with Gasteiger partial charge in [-0.1, -0.05) is 49.4 Å². The molecule has 22 heavy (non-hydrogen) atoms. The molecule has 0 spiro atoms. The smallest absolute Gasteiger partial charge is 0.317 e. The Hall–Kier alpha value is -2.03. The van der Waals surface area contributed by atoms with Crippen LogP contribution in [0, 0.1) is 5.92 Å². The van der Waals surface area contributed by atoms with E-state index in [4.69, 9.17) is 0 Å². The number of rotatable bonds is 3. The fourth-order valence-corrected chi connectivity index (χ4v) is 3.30. The molecule has 0 bridgehead atoms. The van der Waals surface area contributed by atoms with Crippen LogP contribution in [0.2, 0.25) is 0 Å². The summed E-state index contributed by atoms with van der Waals surface area (Å²) in [5, 5.41) is 5.62. The minimum absolute atomic E-state index is 0.0896. The Morgan fingerprint density at radius 3 is 2.91 bits per heavy atom. The molecule has 0 saturated carbocycles. The number of fused-ring (bicyclic) bond motifs is 1. The SMILES string of the molecule is CC1CCCN(C(=O)NCCc2cccc3ccccc23)C1. The quantitative estimate of drug-likeness (QED) is 0.917. The Morgan fingerprint density at radius 2 is 2.05 bits per heavy atom. The van der Waals surface area contributed by atoms with E-state index in [-0.39, 0.29) is 6.03 Å². The normalized spacial score (nSPS) is 18.4. The molecule has 1 fully saturated rings. The van der Waals surface area contributed by atoms with E-state index < -0.39 is 0 Å². The third-order valence-corrected chi connectivity index (χ3v) is 4.49. The molecule has 0 aliphatic carbocycles. The van der Waals surface area contributed by atoms with E-state index in [1.807, 2.05) is 4.90 Å². The number of hydrogen-bond donors (Lipinski definition) is 1. The summed E-state index contributed by atoms with van der Waals surface area (Å²) in [5.41, 5.74) is 1.30. The molecule has 1 aliphatic rings. The zero-order valence-corrected chi connectivity index (χ0v) is 13.2. The number of urea groups is 1. The van der Waals surface area contributed by atoms with E-state index in [1.165, 1.54) is 22.8 Å². The predicted octanol–water partition coefficient (Wildman–Crippen LogP) is 3.82. The van der Waals surface area contributed by atoms with Gasteiger partial charge in [0.15, 0.2) is 0 Å². The van der Waals surface area contributed by atoms with Crippen molar-refractivity contribution in [2.24, 2.45) is 5.92 Å². The van der Waals surface area contributed by atoms with Gasteiger partial charge in [0.05, 0.1) is 0 Å². The van der Waals surface area contributed by atoms with Gasteiger partial charge < -0.3 is 10.2 Å². The van der Waals surface area contributed by atoms with Gasteiger partial charge >= 0.3 is 6.03 Å². The summed E-state index contributed by atoms with van der Waals surface area (Å²) in [7, 11) is 0. The molecule has 2 aromatic carbocycles. The molecule has 2 amide bonds. The highest BCUT2D eigenvalue weighted by Crippen LogP contribution is 2.19. The van der Waals surface area contributed by atoms with Crippen LogP contribution in [0.1, 0.15) is 25.3 Å². The minimum atomic E-state index is 0.0896. The zero-order valence-electron chi connectivity index (χ0n) is 13.2. The Balaban J connectivity index is 1.57. The molecule has 3 nitrogen and oxygen atoms in total. The van der Waals surface area contributed by atoms with Crippen molar-refractivity contribution in [2.75, 3.05) is 19.6 Å². The van der Waals surface area contributed by atoms with Crippen molar-refractivity contribution < 1.29 is 4.79 Å². The Bertz CT molecular complexity index is 647. The van der Waals surface area contributed by atoms with E-state index >= 15 is 0 Å². The van der Waals surface area contributed by atoms with Crippen LogP contribution in [-0.4, -0.2) is 30.6 Å². The summed E-state index contributed by atoms with van der Waals surface area (Å²) in [4.78, 5) is 14.2. The fraction of sp³-hybridized carbons (Fsp3) is 0.421. The Morgan fingerprint density at radius 1 is 1.23 bits per heavy atom. The maximum absolute atomic E-state index is 12.2. The number of likely N-dealkylation sites (tertiary alicyclic amines) is 1. The fourth-order valence-electron chi connectivity index (χ4n) is 3.30. The van der Waals surface area contributed by atoms with Crippen LogP contribution in [0.5, 0.6) is 0 Å². The van der Waals surface area contributed by atoms with Gasteiger partial charge in [0.2, 0.25) is 0 Å². The molecular weight excluding hydrogens is 272 g/mol. The van der Waals surface area contributed by atoms with Crippen molar-refractivity contribution in [1.82, 2.24) is 10.2 Å². The average Bonchev–Trinajstić information content (AvgIpc) is 2.55. The van der Waals surface area contributed by atoms with Gasteiger partial charge in [-0.05, 0) is 41.5 Å². The molecule has 3 rings (SSSR count). The summed E-state index contributed by atoms with van der Waals surface area (Å²) in [6.45, 7) is 4.69. The molecule has 0 radical (unpaired) electrons. The first-order chi connectivity index (χ1) is 10.7. The van der Waals surface area contributed by atoms with Crippen LogP contribution in [0.25, 0.3) is 10.8 Å². The van der Waals surface area contributed by atoms with Crippen LogP contribution in [0.15, 0.2) is 42.5 Å². The van der Waals surface area contributed by atoms with E-state index in [1.54, 1.807) is 0 Å². The van der Waals surface area contributed by atoms with Gasteiger partial charge in [0.25, 0.3) is 0 Å². The molecule has 1 aliphatic heterocycles. The van der Waals surface area contributed by atoms with Crippen molar-refractivity contribution in [3.05, 3.63) is 48.0 Å². The lowest BCUT2D eigenvalue weighted by atomic mass is 10.0. The van der Waals surface area contributed by atoms with Crippen molar-refractivity contribution in [2.45, 2.75) is 26.2 Å². The van der Waals surface area contributed by atoms with Crippen molar-refractivity contribution in [1.29, 1.82) is 0 Å². The van der Waals surface area contributed by atoms with Gasteiger partial charge in [-0.15, -0.1) is 0 Å². The number of carbonyl (C=O) groups is 1. The molecule has 0 aromatic heterocycles. The molecule has 1 saturated heterocycles. The second-order valence-corrected chi connectivity index (χ2v) is 6.31. The van der Waals surface area contributed by atoms with E-state index in [0.29, 0.717) is 12.5 Å². The third kappa shape index (κ3) is 3.41. The molecular formula is C19H24N2O. The molecule has 3 heteroatoms. The summed E-state index contributed by atoms with van der Waals surface area (Å²) in [6.07, 6.45) is 3.23. The van der Waals surface area contributed by atoms with Crippen molar-refractivity contribution in [3.8, 4) is 0 Å². The molecule has 116 valence electrons. The lowest BCUT2D eigenvalue weighted by molar-refractivity contribution is 0.170. The molecule has 2 aromatic rings. The summed E-state index contributed by atoms with van der Waals surface area (Å²) >= 11 is 0. The van der Waals surface area contributed by atoms with E-state index in [9.17, 15) is 4.79 Å². The first-order valence-corrected chi connectivity index (χ1v) is 8.23. The Labute approximate surface area is 132 Å². The monoisotopic (exact) mass is 296 g/mol. The number of benzene rings is 2. The van der Waals surface area contributed by atoms with Crippen LogP contribution < -0.4 is 5.32 Å². The van der Waals surface area contributed by atoms with Gasteiger partial charge in [-0.3, -0.25) is 0 Å². The van der Waals surface area contributed by atoms with Crippen LogP contribution in [-0.2, 0) is 6.42 Å². The van der Waals surface area contributed by atoms with Crippen LogP contribution in [0.3, 0.4) is 0 Å². The number of piperidine rings is 1. The standard InChI is InChI=1S/C19H24N2O/c1-15-6-5-13-21(14-15)19(22)20-12-11-17-9-4-8-16-7-2-3-10-18(16)17/h2-4,7-10,15H,5-6,11-14H2,1H3,(H,20,22). The average molecular weight is 296 g/mol. The molecule has 1 atom stereocenters. The first kappa shape index (κ1) is 14.9. The maximum atomic E-state index is 12.2. The number of amides is 2. The van der Waals surface area contributed by atoms with Gasteiger partial charge in [-0.2, -0.15) is 0 Å². The first-order valence-electron chi connectivity index (χ1n) is 8.23. The van der Waals surface area contributed by atoms with Gasteiger partial charge in [-0.25, -0.2) is 4.79 Å². The summed E-state index contributed by atoms with van der Waals surface area (Å²) in [5.74, 6) is 0.623. The van der Waals surface area contributed by atoms with Crippen LogP contribution in [0.4, 0.5) is 4.79 Å². The molecule has 1 N–H and O–H groups in total. The largest absolute Gasteiger partial charge is 0.338 e. The number of nitrogens with zero attached hydrogens (tertiary/aromatic N) is 1. The second-order valence-electron chi connectivity index (χ2n) is 6.31. The van der Waals surface area contributed by atoms with Gasteiger partial charge in [0, 0.05) is 19.6 Å². The summed E-state index contributed by atoms with van der Waals surface area (Å²) in [6, 6.07) is 14.9. The Kier molecular flexibility index (Phi) is 4.62. The number of hydrogen-bond acceptors (Lipinski definition) is 1. The highest BCUT2D eigenvalue weighted by atomic mass is 16.2. The van der Waals surface area contributed by atoms with Crippen molar-refractivity contribution in [3.63, 3.8) is 0 Å². The number of nitrogens with one attached hydrogen (secondary N) is 1. The van der Waals surface area contributed by atoms with Gasteiger partial charge in [0.1, 0.15) is 0 Å². The topological polar surface area (TPSA) is 32.3 Å². The van der Waals surface area contributed by atoms with Crippen LogP contribution >= 0.6 is 0 Å². The maximum Gasteiger partial charge on any atom is 0.317 e. The number of carbonyl (C=O) groups excluding carboxylic acids is 1. The lowest BCUT2D eigenvalue weighted by Gasteiger charge is -2.31. The predicted molar refractivity (Wildman–Crippen MR) is 91.0 cm³/mol. The molecule has 1 heterocycles. The molecule has 1 unspecified atom stereocenters. The third-order valence-electron chi connectivity index (χ3n) is 4.49. The highest BCUT2D eigenvalue weighted by molar-refractivity contribution is 5.85. The lowest BCUT2D eigenvalue weighted by Crippen LogP contribution is -2.45.